The fraction of sp³-hybridized carbons (Fsp3) is 1.00. The highest BCUT2D eigenvalue weighted by Crippen LogP contribution is 2.11. The summed E-state index contributed by atoms with van der Waals surface area (Å²) in [6, 6.07) is 0.775. The molecule has 14 heavy (non-hydrogen) atoms. The first-order chi connectivity index (χ1) is 6.70. The summed E-state index contributed by atoms with van der Waals surface area (Å²) in [6.07, 6.45) is 8.22. The van der Waals surface area contributed by atoms with Crippen molar-refractivity contribution in [2.24, 2.45) is 5.92 Å². The normalized spacial score (nSPS) is 13.5. The van der Waals surface area contributed by atoms with Crippen LogP contribution in [0.15, 0.2) is 0 Å². The third kappa shape index (κ3) is 8.55. The van der Waals surface area contributed by atoms with Gasteiger partial charge in [0.15, 0.2) is 0 Å². The van der Waals surface area contributed by atoms with Crippen LogP contribution in [-0.2, 0) is 0 Å². The molecule has 0 saturated heterocycles. The molecule has 1 atom stereocenters. The molecule has 0 radical (unpaired) electrons. The van der Waals surface area contributed by atoms with Crippen molar-refractivity contribution in [3.8, 4) is 0 Å². The minimum Gasteiger partial charge on any atom is -0.314 e. The molecular formula is C13H29N. The van der Waals surface area contributed by atoms with Crippen molar-refractivity contribution < 1.29 is 0 Å². The van der Waals surface area contributed by atoms with Gasteiger partial charge in [0.1, 0.15) is 0 Å². The molecule has 0 spiro atoms. The first kappa shape index (κ1) is 14.0. The Kier molecular flexibility index (Phi) is 9.49. The van der Waals surface area contributed by atoms with E-state index in [0.717, 1.165) is 18.5 Å². The van der Waals surface area contributed by atoms with Crippen molar-refractivity contribution in [1.29, 1.82) is 0 Å². The Bertz CT molecular complexity index is 104. The van der Waals surface area contributed by atoms with E-state index in [1.54, 1.807) is 0 Å². The van der Waals surface area contributed by atoms with Crippen LogP contribution in [0.3, 0.4) is 0 Å². The molecule has 0 aromatic carbocycles. The van der Waals surface area contributed by atoms with Crippen LogP contribution in [0, 0.1) is 5.92 Å². The van der Waals surface area contributed by atoms with Gasteiger partial charge in [-0.25, -0.2) is 0 Å². The first-order valence-electron chi connectivity index (χ1n) is 6.44. The van der Waals surface area contributed by atoms with E-state index in [4.69, 9.17) is 0 Å². The van der Waals surface area contributed by atoms with Gasteiger partial charge in [0.05, 0.1) is 0 Å². The topological polar surface area (TPSA) is 12.0 Å². The van der Waals surface area contributed by atoms with E-state index >= 15 is 0 Å². The van der Waals surface area contributed by atoms with Crippen LogP contribution in [0.4, 0.5) is 0 Å². The van der Waals surface area contributed by atoms with Gasteiger partial charge >= 0.3 is 0 Å². The minimum atomic E-state index is 0.775. The standard InChI is InChI=1S/C13H29N/c1-5-9-13(14-6-2)11-8-7-10-12(3)4/h12-14H,5-11H2,1-4H3. The fourth-order valence-electron chi connectivity index (χ4n) is 1.93. The van der Waals surface area contributed by atoms with Gasteiger partial charge < -0.3 is 5.32 Å². The Hall–Kier alpha value is -0.0400. The molecule has 1 unspecified atom stereocenters. The van der Waals surface area contributed by atoms with Crippen LogP contribution in [0.2, 0.25) is 0 Å². The summed E-state index contributed by atoms with van der Waals surface area (Å²) < 4.78 is 0. The molecule has 0 bridgehead atoms. The first-order valence-corrected chi connectivity index (χ1v) is 6.44. The van der Waals surface area contributed by atoms with Gasteiger partial charge in [-0.3, -0.25) is 0 Å². The summed E-state index contributed by atoms with van der Waals surface area (Å²) in [5, 5.41) is 3.57. The maximum Gasteiger partial charge on any atom is 0.00668 e. The Balaban J connectivity index is 3.40. The summed E-state index contributed by atoms with van der Waals surface area (Å²) in [5.41, 5.74) is 0. The third-order valence-electron chi connectivity index (χ3n) is 2.71. The summed E-state index contributed by atoms with van der Waals surface area (Å²) in [6.45, 7) is 10.2. The van der Waals surface area contributed by atoms with Gasteiger partial charge in [-0.2, -0.15) is 0 Å². The van der Waals surface area contributed by atoms with Crippen LogP contribution in [0.25, 0.3) is 0 Å². The van der Waals surface area contributed by atoms with Gasteiger partial charge in [0.25, 0.3) is 0 Å². The summed E-state index contributed by atoms with van der Waals surface area (Å²) in [5.74, 6) is 0.874. The quantitative estimate of drug-likeness (QED) is 0.554. The van der Waals surface area contributed by atoms with Crippen molar-refractivity contribution in [3.05, 3.63) is 0 Å². The van der Waals surface area contributed by atoms with E-state index in [-0.39, 0.29) is 0 Å². The van der Waals surface area contributed by atoms with E-state index < -0.39 is 0 Å². The largest absolute Gasteiger partial charge is 0.314 e. The van der Waals surface area contributed by atoms with E-state index in [1.165, 1.54) is 38.5 Å². The van der Waals surface area contributed by atoms with Crippen molar-refractivity contribution in [2.45, 2.75) is 72.3 Å². The predicted octanol–water partition coefficient (Wildman–Crippen LogP) is 3.98. The van der Waals surface area contributed by atoms with Crippen LogP contribution in [0.5, 0.6) is 0 Å². The number of hydrogen-bond acceptors (Lipinski definition) is 1. The van der Waals surface area contributed by atoms with Crippen molar-refractivity contribution >= 4 is 0 Å². The van der Waals surface area contributed by atoms with E-state index in [2.05, 4.69) is 33.0 Å². The van der Waals surface area contributed by atoms with Crippen LogP contribution >= 0.6 is 0 Å². The molecule has 1 nitrogen and oxygen atoms in total. The molecule has 0 aliphatic heterocycles. The molecule has 1 heteroatoms. The van der Waals surface area contributed by atoms with Gasteiger partial charge in [-0.15, -0.1) is 0 Å². The Morgan fingerprint density at radius 3 is 2.07 bits per heavy atom. The molecule has 0 heterocycles. The monoisotopic (exact) mass is 199 g/mol. The Morgan fingerprint density at radius 2 is 1.57 bits per heavy atom. The lowest BCUT2D eigenvalue weighted by atomic mass is 10.0. The highest BCUT2D eigenvalue weighted by atomic mass is 14.9. The third-order valence-corrected chi connectivity index (χ3v) is 2.71. The zero-order valence-corrected chi connectivity index (χ0v) is 10.6. The lowest BCUT2D eigenvalue weighted by Gasteiger charge is -2.17. The number of unbranched alkanes of at least 4 members (excludes halogenated alkanes) is 1. The summed E-state index contributed by atoms with van der Waals surface area (Å²) in [7, 11) is 0. The number of hydrogen-bond donors (Lipinski definition) is 1. The second-order valence-corrected chi connectivity index (χ2v) is 4.72. The molecule has 0 fully saturated rings. The maximum absolute atomic E-state index is 3.57. The van der Waals surface area contributed by atoms with Crippen LogP contribution in [0.1, 0.15) is 66.2 Å². The van der Waals surface area contributed by atoms with Gasteiger partial charge in [-0.05, 0) is 25.3 Å². The molecule has 0 rings (SSSR count). The van der Waals surface area contributed by atoms with Crippen molar-refractivity contribution in [3.63, 3.8) is 0 Å². The number of nitrogens with one attached hydrogen (secondary N) is 1. The molecule has 0 amide bonds. The van der Waals surface area contributed by atoms with Crippen molar-refractivity contribution in [2.75, 3.05) is 6.54 Å². The molecule has 1 N–H and O–H groups in total. The smallest absolute Gasteiger partial charge is 0.00668 e. The highest BCUT2D eigenvalue weighted by Gasteiger charge is 2.05. The second-order valence-electron chi connectivity index (χ2n) is 4.72. The molecule has 86 valence electrons. The van der Waals surface area contributed by atoms with Gasteiger partial charge in [-0.1, -0.05) is 53.4 Å². The summed E-state index contributed by atoms with van der Waals surface area (Å²) in [4.78, 5) is 0. The van der Waals surface area contributed by atoms with E-state index in [0.29, 0.717) is 0 Å². The Labute approximate surface area is 90.7 Å². The lowest BCUT2D eigenvalue weighted by molar-refractivity contribution is 0.426. The molecule has 0 aliphatic rings. The SMILES string of the molecule is CCCC(CCCCC(C)C)NCC. The zero-order chi connectivity index (χ0) is 10.8. The fourth-order valence-corrected chi connectivity index (χ4v) is 1.93. The Morgan fingerprint density at radius 1 is 0.929 bits per heavy atom. The average molecular weight is 199 g/mol. The molecule has 0 aromatic heterocycles. The highest BCUT2D eigenvalue weighted by molar-refractivity contribution is 4.65. The predicted molar refractivity (Wildman–Crippen MR) is 65.7 cm³/mol. The summed E-state index contributed by atoms with van der Waals surface area (Å²) >= 11 is 0. The minimum absolute atomic E-state index is 0.775. The van der Waals surface area contributed by atoms with E-state index in [1.807, 2.05) is 0 Å². The van der Waals surface area contributed by atoms with Gasteiger partial charge in [0, 0.05) is 6.04 Å². The second kappa shape index (κ2) is 9.51. The van der Waals surface area contributed by atoms with Crippen LogP contribution < -0.4 is 5.32 Å². The zero-order valence-electron chi connectivity index (χ0n) is 10.6. The molecule has 0 aliphatic carbocycles. The van der Waals surface area contributed by atoms with Crippen molar-refractivity contribution in [1.82, 2.24) is 5.32 Å². The maximum atomic E-state index is 3.57. The lowest BCUT2D eigenvalue weighted by Crippen LogP contribution is -2.28. The van der Waals surface area contributed by atoms with Crippen LogP contribution in [-0.4, -0.2) is 12.6 Å². The number of rotatable bonds is 9. The van der Waals surface area contributed by atoms with E-state index in [9.17, 15) is 0 Å². The molecule has 0 saturated carbocycles. The molecule has 0 aromatic rings. The van der Waals surface area contributed by atoms with Gasteiger partial charge in [0.2, 0.25) is 0 Å². The molecular weight excluding hydrogens is 170 g/mol. The average Bonchev–Trinajstić information content (AvgIpc) is 2.12.